The Hall–Kier alpha value is -0.480. The first kappa shape index (κ1) is 7.18. The van der Waals surface area contributed by atoms with Gasteiger partial charge in [0.2, 0.25) is 0 Å². The molecule has 1 aromatic heterocycles. The minimum Gasteiger partial charge on any atom is -0.349 e. The molecule has 0 atom stereocenters. The van der Waals surface area contributed by atoms with Crippen LogP contribution in [-0.2, 0) is 13.0 Å². The molecule has 0 unspecified atom stereocenters. The molecule has 0 amide bonds. The van der Waals surface area contributed by atoms with Crippen LogP contribution in [0.3, 0.4) is 0 Å². The van der Waals surface area contributed by atoms with Crippen molar-refractivity contribution < 1.29 is 4.52 Å². The third kappa shape index (κ3) is 1.16. The zero-order valence-corrected chi connectivity index (χ0v) is 7.20. The molecular formula is C7H10N2OS. The van der Waals surface area contributed by atoms with Gasteiger partial charge in [-0.2, -0.15) is 0 Å². The third-order valence-corrected chi connectivity index (χ3v) is 2.55. The molecule has 60 valence electrons. The molecule has 1 N–H and O–H groups in total. The van der Waals surface area contributed by atoms with Crippen molar-refractivity contribution in [2.45, 2.75) is 18.1 Å². The van der Waals surface area contributed by atoms with Crippen molar-refractivity contribution in [3.8, 4) is 0 Å². The third-order valence-electron chi connectivity index (χ3n) is 1.86. The zero-order valence-electron chi connectivity index (χ0n) is 6.39. The van der Waals surface area contributed by atoms with E-state index in [-0.39, 0.29) is 0 Å². The first-order valence-electron chi connectivity index (χ1n) is 3.64. The maximum Gasteiger partial charge on any atom is 0.197 e. The Morgan fingerprint density at radius 1 is 1.64 bits per heavy atom. The Balaban J connectivity index is 2.38. The average molecular weight is 170 g/mol. The van der Waals surface area contributed by atoms with E-state index in [0.717, 1.165) is 30.3 Å². The lowest BCUT2D eigenvalue weighted by Crippen LogP contribution is -2.23. The fourth-order valence-electron chi connectivity index (χ4n) is 1.28. The van der Waals surface area contributed by atoms with Crippen molar-refractivity contribution >= 4 is 11.8 Å². The van der Waals surface area contributed by atoms with Crippen molar-refractivity contribution in [1.82, 2.24) is 10.5 Å². The van der Waals surface area contributed by atoms with E-state index in [1.807, 2.05) is 6.26 Å². The normalized spacial score (nSPS) is 16.5. The average Bonchev–Trinajstić information content (AvgIpc) is 2.47. The summed E-state index contributed by atoms with van der Waals surface area (Å²) in [6.45, 7) is 1.93. The molecule has 2 heterocycles. The molecule has 1 aromatic rings. The SMILES string of the molecule is CSc1onc2c1CNCC2. The summed E-state index contributed by atoms with van der Waals surface area (Å²) >= 11 is 1.62. The highest BCUT2D eigenvalue weighted by atomic mass is 32.2. The van der Waals surface area contributed by atoms with Crippen LogP contribution >= 0.6 is 11.8 Å². The molecular weight excluding hydrogens is 160 g/mol. The molecule has 0 bridgehead atoms. The van der Waals surface area contributed by atoms with Crippen molar-refractivity contribution in [2.75, 3.05) is 12.8 Å². The van der Waals surface area contributed by atoms with Gasteiger partial charge in [0, 0.05) is 25.1 Å². The van der Waals surface area contributed by atoms with Gasteiger partial charge >= 0.3 is 0 Å². The lowest BCUT2D eigenvalue weighted by atomic mass is 10.1. The summed E-state index contributed by atoms with van der Waals surface area (Å²) in [5, 5.41) is 8.25. The summed E-state index contributed by atoms with van der Waals surface area (Å²) in [6, 6.07) is 0. The van der Waals surface area contributed by atoms with Crippen LogP contribution in [0, 0.1) is 0 Å². The molecule has 0 aromatic carbocycles. The van der Waals surface area contributed by atoms with Crippen molar-refractivity contribution in [3.05, 3.63) is 11.3 Å². The maximum atomic E-state index is 5.14. The highest BCUT2D eigenvalue weighted by Crippen LogP contribution is 2.24. The second-order valence-corrected chi connectivity index (χ2v) is 3.31. The molecule has 0 spiro atoms. The smallest absolute Gasteiger partial charge is 0.197 e. The van der Waals surface area contributed by atoms with E-state index in [1.54, 1.807) is 11.8 Å². The van der Waals surface area contributed by atoms with Crippen LogP contribution in [0.1, 0.15) is 11.3 Å². The van der Waals surface area contributed by atoms with Crippen LogP contribution in [-0.4, -0.2) is 18.0 Å². The van der Waals surface area contributed by atoms with Crippen LogP contribution in [0.4, 0.5) is 0 Å². The van der Waals surface area contributed by atoms with E-state index in [1.165, 1.54) is 5.56 Å². The quantitative estimate of drug-likeness (QED) is 0.639. The highest BCUT2D eigenvalue weighted by Gasteiger charge is 2.17. The molecule has 1 aliphatic heterocycles. The predicted molar refractivity (Wildman–Crippen MR) is 43.7 cm³/mol. The van der Waals surface area contributed by atoms with E-state index in [2.05, 4.69) is 10.5 Å². The first-order chi connectivity index (χ1) is 5.42. The van der Waals surface area contributed by atoms with Gasteiger partial charge in [-0.15, -0.1) is 0 Å². The lowest BCUT2D eigenvalue weighted by molar-refractivity contribution is 0.344. The van der Waals surface area contributed by atoms with E-state index in [4.69, 9.17) is 4.52 Å². The van der Waals surface area contributed by atoms with Crippen molar-refractivity contribution in [3.63, 3.8) is 0 Å². The Labute approximate surface area is 69.5 Å². The number of thioether (sulfide) groups is 1. The molecule has 0 saturated carbocycles. The first-order valence-corrected chi connectivity index (χ1v) is 4.86. The number of hydrogen-bond donors (Lipinski definition) is 1. The Morgan fingerprint density at radius 3 is 3.36 bits per heavy atom. The minimum absolute atomic E-state index is 0.912. The van der Waals surface area contributed by atoms with Gasteiger partial charge in [0.1, 0.15) is 0 Å². The number of hydrogen-bond acceptors (Lipinski definition) is 4. The fraction of sp³-hybridized carbons (Fsp3) is 0.571. The van der Waals surface area contributed by atoms with Crippen LogP contribution in [0.2, 0.25) is 0 Å². The molecule has 4 heteroatoms. The molecule has 0 radical (unpaired) electrons. The summed E-state index contributed by atoms with van der Waals surface area (Å²) < 4.78 is 5.14. The summed E-state index contributed by atoms with van der Waals surface area (Å²) in [5.74, 6) is 0. The number of rotatable bonds is 1. The Morgan fingerprint density at radius 2 is 2.55 bits per heavy atom. The number of nitrogens with zero attached hydrogens (tertiary/aromatic N) is 1. The van der Waals surface area contributed by atoms with Gasteiger partial charge < -0.3 is 9.84 Å². The molecule has 1 aliphatic rings. The second kappa shape index (κ2) is 2.87. The lowest BCUT2D eigenvalue weighted by Gasteiger charge is -2.09. The van der Waals surface area contributed by atoms with Gasteiger partial charge in [0.25, 0.3) is 0 Å². The van der Waals surface area contributed by atoms with Crippen LogP contribution in [0.25, 0.3) is 0 Å². The van der Waals surface area contributed by atoms with E-state index in [0.29, 0.717) is 0 Å². The summed E-state index contributed by atoms with van der Waals surface area (Å²) in [4.78, 5) is 0. The number of nitrogens with one attached hydrogen (secondary N) is 1. The van der Waals surface area contributed by atoms with Crippen LogP contribution < -0.4 is 5.32 Å². The number of aromatic nitrogens is 1. The Kier molecular flexibility index (Phi) is 1.87. The standard InChI is InChI=1S/C7H10N2OS/c1-11-7-5-4-8-3-2-6(5)9-10-7/h8H,2-4H2,1H3. The molecule has 3 nitrogen and oxygen atoms in total. The molecule has 2 rings (SSSR count). The molecule has 0 saturated heterocycles. The summed E-state index contributed by atoms with van der Waals surface area (Å²) in [6.07, 6.45) is 3.01. The van der Waals surface area contributed by atoms with Gasteiger partial charge in [-0.05, 0) is 6.26 Å². The van der Waals surface area contributed by atoms with E-state index >= 15 is 0 Å². The topological polar surface area (TPSA) is 38.1 Å². The molecule has 0 fully saturated rings. The number of fused-ring (bicyclic) bond motifs is 1. The van der Waals surface area contributed by atoms with E-state index < -0.39 is 0 Å². The largest absolute Gasteiger partial charge is 0.349 e. The van der Waals surface area contributed by atoms with E-state index in [9.17, 15) is 0 Å². The summed E-state index contributed by atoms with van der Waals surface area (Å²) in [7, 11) is 0. The fourth-order valence-corrected chi connectivity index (χ4v) is 1.82. The van der Waals surface area contributed by atoms with Crippen molar-refractivity contribution in [2.24, 2.45) is 0 Å². The predicted octanol–water partition coefficient (Wildman–Crippen LogP) is 1.04. The van der Waals surface area contributed by atoms with Gasteiger partial charge in [-0.1, -0.05) is 16.9 Å². The second-order valence-electron chi connectivity index (χ2n) is 2.53. The monoisotopic (exact) mass is 170 g/mol. The molecule has 11 heavy (non-hydrogen) atoms. The minimum atomic E-state index is 0.912. The van der Waals surface area contributed by atoms with Gasteiger partial charge in [0.05, 0.1) is 5.69 Å². The highest BCUT2D eigenvalue weighted by molar-refractivity contribution is 7.98. The molecule has 0 aliphatic carbocycles. The maximum absolute atomic E-state index is 5.14. The van der Waals surface area contributed by atoms with Gasteiger partial charge in [-0.3, -0.25) is 0 Å². The van der Waals surface area contributed by atoms with Gasteiger partial charge in [0.15, 0.2) is 5.09 Å². The zero-order chi connectivity index (χ0) is 7.68. The summed E-state index contributed by atoms with van der Waals surface area (Å²) in [5.41, 5.74) is 2.39. The van der Waals surface area contributed by atoms with Crippen LogP contribution in [0.5, 0.6) is 0 Å². The van der Waals surface area contributed by atoms with Crippen LogP contribution in [0.15, 0.2) is 9.62 Å². The van der Waals surface area contributed by atoms with Gasteiger partial charge in [-0.25, -0.2) is 0 Å². The Bertz CT molecular complexity index is 245. The van der Waals surface area contributed by atoms with Crippen molar-refractivity contribution in [1.29, 1.82) is 0 Å².